The molecule has 0 aliphatic carbocycles. The second-order valence-electron chi connectivity index (χ2n) is 13.5. The van der Waals surface area contributed by atoms with E-state index < -0.39 is 33.7 Å². The summed E-state index contributed by atoms with van der Waals surface area (Å²) in [5.41, 5.74) is 0. The molecule has 0 saturated carbocycles. The Labute approximate surface area is 296 Å². The van der Waals surface area contributed by atoms with Crippen LogP contribution in [0.4, 0.5) is 0 Å². The van der Waals surface area contributed by atoms with E-state index in [4.69, 9.17) is 9.47 Å². The maximum atomic E-state index is 12.3. The lowest BCUT2D eigenvalue weighted by Gasteiger charge is -2.13. The van der Waals surface area contributed by atoms with Crippen molar-refractivity contribution in [3.8, 4) is 0 Å². The third-order valence-corrected chi connectivity index (χ3v) is 9.87. The Hall–Kier alpha value is -1.67. The summed E-state index contributed by atoms with van der Waals surface area (Å²) in [5, 5.41) is -1.95. The van der Waals surface area contributed by atoms with Gasteiger partial charge in [-0.3, -0.25) is 14.1 Å². The van der Waals surface area contributed by atoms with Gasteiger partial charge in [-0.05, 0) is 64.2 Å². The molecule has 1 N–H and O–H groups in total. The van der Waals surface area contributed by atoms with Crippen LogP contribution in [0.5, 0.6) is 0 Å². The molecular weight excluding hydrogens is 625 g/mol. The molecule has 0 aromatic heterocycles. The van der Waals surface area contributed by atoms with Crippen molar-refractivity contribution < 1.29 is 32.0 Å². The molecule has 7 nitrogen and oxygen atoms in total. The molecule has 0 amide bonds. The first-order valence-corrected chi connectivity index (χ1v) is 21.4. The lowest BCUT2D eigenvalue weighted by atomic mass is 10.1. The van der Waals surface area contributed by atoms with E-state index in [9.17, 15) is 22.6 Å². The molecule has 0 saturated heterocycles. The highest BCUT2D eigenvalue weighted by molar-refractivity contribution is 7.87. The number of hydrogen-bond donors (Lipinski definition) is 1. The largest absolute Gasteiger partial charge is 0.466 e. The molecule has 0 bridgehead atoms. The minimum atomic E-state index is -4.78. The Morgan fingerprint density at radius 2 is 0.812 bits per heavy atom. The van der Waals surface area contributed by atoms with Gasteiger partial charge in [-0.15, -0.1) is 0 Å². The van der Waals surface area contributed by atoms with Gasteiger partial charge in [0.2, 0.25) is 0 Å². The van der Waals surface area contributed by atoms with Gasteiger partial charge in [-0.2, -0.15) is 8.42 Å². The summed E-state index contributed by atoms with van der Waals surface area (Å²) in [4.78, 5) is 24.5. The van der Waals surface area contributed by atoms with Crippen LogP contribution in [-0.4, -0.2) is 43.4 Å². The number of carbonyl (C=O) groups is 2. The zero-order valence-corrected chi connectivity index (χ0v) is 31.9. The van der Waals surface area contributed by atoms with Gasteiger partial charge in [0.15, 0.2) is 5.25 Å². The van der Waals surface area contributed by atoms with Crippen molar-refractivity contribution in [2.24, 2.45) is 0 Å². The molecule has 0 heterocycles. The summed E-state index contributed by atoms with van der Waals surface area (Å²) in [7, 11) is -4.78. The van der Waals surface area contributed by atoms with E-state index in [1.54, 1.807) is 0 Å². The average molecular weight is 699 g/mol. The van der Waals surface area contributed by atoms with E-state index >= 15 is 0 Å². The van der Waals surface area contributed by atoms with Crippen molar-refractivity contribution in [3.05, 3.63) is 24.3 Å². The fourth-order valence-corrected chi connectivity index (χ4v) is 6.33. The number of hydrogen-bond acceptors (Lipinski definition) is 6. The average Bonchev–Trinajstić information content (AvgIpc) is 3.05. The van der Waals surface area contributed by atoms with Crippen molar-refractivity contribution in [1.29, 1.82) is 0 Å². The van der Waals surface area contributed by atoms with Crippen LogP contribution >= 0.6 is 0 Å². The predicted octanol–water partition coefficient (Wildman–Crippen LogP) is 11.8. The monoisotopic (exact) mass is 699 g/mol. The highest BCUT2D eigenvalue weighted by atomic mass is 32.2. The number of unbranched alkanes of at least 4 members (excludes halogenated alkanes) is 24. The first-order valence-electron chi connectivity index (χ1n) is 19.9. The Bertz CT molecular complexity index is 897. The second kappa shape index (κ2) is 35.2. The Morgan fingerprint density at radius 1 is 0.500 bits per heavy atom. The highest BCUT2D eigenvalue weighted by Crippen LogP contribution is 2.14. The molecule has 0 fully saturated rings. The van der Waals surface area contributed by atoms with Crippen molar-refractivity contribution in [1.82, 2.24) is 0 Å². The zero-order chi connectivity index (χ0) is 35.4. The molecule has 0 rings (SSSR count). The molecular formula is C40H74O7S. The smallest absolute Gasteiger partial charge is 0.327 e. The van der Waals surface area contributed by atoms with Gasteiger partial charge in [0, 0.05) is 0 Å². The van der Waals surface area contributed by atoms with Crippen LogP contribution in [0, 0.1) is 0 Å². The Morgan fingerprint density at radius 3 is 1.17 bits per heavy atom. The molecule has 0 aliphatic heterocycles. The number of rotatable bonds is 36. The summed E-state index contributed by atoms with van der Waals surface area (Å²) < 4.78 is 43.3. The van der Waals surface area contributed by atoms with E-state index in [1.807, 2.05) is 0 Å². The molecule has 1 unspecified atom stereocenters. The van der Waals surface area contributed by atoms with Crippen LogP contribution in [0.1, 0.15) is 200 Å². The molecule has 8 heteroatoms. The van der Waals surface area contributed by atoms with Crippen molar-refractivity contribution >= 4 is 22.1 Å². The number of ether oxygens (including phenoxy) is 2. The second-order valence-corrected chi connectivity index (χ2v) is 15.1. The minimum Gasteiger partial charge on any atom is -0.466 e. The Balaban J connectivity index is 3.80. The van der Waals surface area contributed by atoms with Gasteiger partial charge in [0.05, 0.1) is 19.6 Å². The molecule has 0 radical (unpaired) electrons. The summed E-state index contributed by atoms with van der Waals surface area (Å²) in [6.07, 6.45) is 41.2. The summed E-state index contributed by atoms with van der Waals surface area (Å²) in [6, 6.07) is 0. The fraction of sp³-hybridized carbons (Fsp3) is 0.850. The van der Waals surface area contributed by atoms with Gasteiger partial charge in [0.1, 0.15) is 0 Å². The summed E-state index contributed by atoms with van der Waals surface area (Å²) >= 11 is 0. The highest BCUT2D eigenvalue weighted by Gasteiger charge is 2.35. The molecule has 1 atom stereocenters. The SMILES string of the molecule is CCCCCCCCC=CCCCCCCCCOC(=O)CC(C(=O)OCCCCCCCCC=CCCCCCCCC)S(=O)(=O)O. The lowest BCUT2D eigenvalue weighted by molar-refractivity contribution is -0.150. The number of allylic oxidation sites excluding steroid dienone is 4. The zero-order valence-electron chi connectivity index (χ0n) is 31.1. The maximum absolute atomic E-state index is 12.3. The van der Waals surface area contributed by atoms with Crippen molar-refractivity contribution in [3.63, 3.8) is 0 Å². The molecule has 0 aliphatic rings. The minimum absolute atomic E-state index is 0.0660. The van der Waals surface area contributed by atoms with E-state index in [-0.39, 0.29) is 13.2 Å². The van der Waals surface area contributed by atoms with Crippen LogP contribution < -0.4 is 0 Å². The van der Waals surface area contributed by atoms with E-state index in [2.05, 4.69) is 38.2 Å². The van der Waals surface area contributed by atoms with Crippen LogP contribution in [0.2, 0.25) is 0 Å². The quantitative estimate of drug-likeness (QED) is 0.0300. The summed E-state index contributed by atoms with van der Waals surface area (Å²) in [5.74, 6) is -1.92. The number of carbonyl (C=O) groups excluding carboxylic acids is 2. The predicted molar refractivity (Wildman–Crippen MR) is 201 cm³/mol. The van der Waals surface area contributed by atoms with Gasteiger partial charge in [0.25, 0.3) is 10.1 Å². The first-order chi connectivity index (χ1) is 23.3. The normalized spacial score (nSPS) is 12.6. The number of esters is 2. The van der Waals surface area contributed by atoms with Gasteiger partial charge < -0.3 is 9.47 Å². The Kier molecular flexibility index (Phi) is 33.9. The summed E-state index contributed by atoms with van der Waals surface area (Å²) in [6.45, 7) is 4.73. The standard InChI is InChI=1S/C40H74O7S/c1-3-5-7-9-11-13-15-17-19-21-23-25-27-29-31-33-35-46-39(41)37-38(48(43,44)45)40(42)47-36-34-32-30-28-26-24-22-20-18-16-14-12-10-8-6-4-2/h17-20,38H,3-16,21-37H2,1-2H3,(H,43,44,45). The van der Waals surface area contributed by atoms with Crippen molar-refractivity contribution in [2.75, 3.05) is 13.2 Å². The van der Waals surface area contributed by atoms with Crippen LogP contribution in [0.25, 0.3) is 0 Å². The molecule has 0 aromatic carbocycles. The van der Waals surface area contributed by atoms with Crippen LogP contribution in [-0.2, 0) is 29.2 Å². The van der Waals surface area contributed by atoms with Gasteiger partial charge in [-0.25, -0.2) is 0 Å². The van der Waals surface area contributed by atoms with Crippen molar-refractivity contribution in [2.45, 2.75) is 205 Å². The van der Waals surface area contributed by atoms with Gasteiger partial charge >= 0.3 is 11.9 Å². The van der Waals surface area contributed by atoms with E-state index in [1.165, 1.54) is 109 Å². The molecule has 0 aromatic rings. The molecule has 48 heavy (non-hydrogen) atoms. The van der Waals surface area contributed by atoms with Crippen LogP contribution in [0.3, 0.4) is 0 Å². The molecule has 282 valence electrons. The third-order valence-electron chi connectivity index (χ3n) is 8.79. The fourth-order valence-electron chi connectivity index (χ4n) is 5.67. The lowest BCUT2D eigenvalue weighted by Crippen LogP contribution is -2.34. The van der Waals surface area contributed by atoms with Gasteiger partial charge in [-0.1, -0.05) is 154 Å². The molecule has 0 spiro atoms. The van der Waals surface area contributed by atoms with E-state index in [0.29, 0.717) is 12.8 Å². The van der Waals surface area contributed by atoms with E-state index in [0.717, 1.165) is 57.8 Å². The topological polar surface area (TPSA) is 107 Å². The first kappa shape index (κ1) is 46.3. The maximum Gasteiger partial charge on any atom is 0.327 e. The third kappa shape index (κ3) is 32.9. The van der Waals surface area contributed by atoms with Crippen LogP contribution in [0.15, 0.2) is 24.3 Å².